The van der Waals surface area contributed by atoms with Gasteiger partial charge in [0.2, 0.25) is 0 Å². The number of esters is 1. The number of carbonyl (C=O) groups excluding carboxylic acids is 1. The SMILES string of the molecule is CCc1cn(C)c(=O)c2cccc(C(=O)OC)c12. The molecular formula is C14H15NO3. The van der Waals surface area contributed by atoms with E-state index >= 15 is 0 Å². The van der Waals surface area contributed by atoms with Crippen LogP contribution in [0.15, 0.2) is 29.2 Å². The minimum absolute atomic E-state index is 0.104. The van der Waals surface area contributed by atoms with Crippen LogP contribution in [0.3, 0.4) is 0 Å². The van der Waals surface area contributed by atoms with Crippen LogP contribution in [0.5, 0.6) is 0 Å². The molecule has 1 aromatic heterocycles. The largest absolute Gasteiger partial charge is 0.465 e. The Labute approximate surface area is 105 Å². The summed E-state index contributed by atoms with van der Waals surface area (Å²) < 4.78 is 6.31. The van der Waals surface area contributed by atoms with Gasteiger partial charge in [0.05, 0.1) is 12.7 Å². The van der Waals surface area contributed by atoms with Crippen molar-refractivity contribution in [3.8, 4) is 0 Å². The second-order valence-electron chi connectivity index (χ2n) is 4.14. The maximum atomic E-state index is 12.1. The minimum Gasteiger partial charge on any atom is -0.465 e. The molecule has 0 fully saturated rings. The molecule has 0 radical (unpaired) electrons. The fourth-order valence-corrected chi connectivity index (χ4v) is 2.17. The van der Waals surface area contributed by atoms with Gasteiger partial charge in [-0.25, -0.2) is 4.79 Å². The van der Waals surface area contributed by atoms with Crippen LogP contribution in [0.25, 0.3) is 10.8 Å². The Kier molecular flexibility index (Phi) is 3.19. The molecule has 4 heteroatoms. The van der Waals surface area contributed by atoms with Gasteiger partial charge in [-0.1, -0.05) is 13.0 Å². The number of nitrogens with zero attached hydrogens (tertiary/aromatic N) is 1. The van der Waals surface area contributed by atoms with Gasteiger partial charge in [0, 0.05) is 24.0 Å². The van der Waals surface area contributed by atoms with Crippen molar-refractivity contribution in [2.24, 2.45) is 7.05 Å². The second kappa shape index (κ2) is 4.64. The number of aromatic nitrogens is 1. The van der Waals surface area contributed by atoms with Crippen LogP contribution < -0.4 is 5.56 Å². The Morgan fingerprint density at radius 1 is 1.39 bits per heavy atom. The molecule has 0 bridgehead atoms. The molecule has 4 nitrogen and oxygen atoms in total. The number of carbonyl (C=O) groups is 1. The highest BCUT2D eigenvalue weighted by Gasteiger charge is 2.15. The molecule has 94 valence electrons. The van der Waals surface area contributed by atoms with Gasteiger partial charge in [-0.2, -0.15) is 0 Å². The number of rotatable bonds is 2. The van der Waals surface area contributed by atoms with Gasteiger partial charge in [-0.3, -0.25) is 4.79 Å². The molecule has 0 aliphatic carbocycles. The Bertz CT molecular complexity index is 671. The Morgan fingerprint density at radius 2 is 2.11 bits per heavy atom. The van der Waals surface area contributed by atoms with Crippen LogP contribution in [0, 0.1) is 0 Å². The molecule has 2 rings (SSSR count). The molecule has 0 saturated carbocycles. The summed E-state index contributed by atoms with van der Waals surface area (Å²) in [5.41, 5.74) is 1.31. The van der Waals surface area contributed by atoms with Gasteiger partial charge in [0.25, 0.3) is 5.56 Å². The van der Waals surface area contributed by atoms with E-state index in [9.17, 15) is 9.59 Å². The first-order valence-corrected chi connectivity index (χ1v) is 5.79. The van der Waals surface area contributed by atoms with Gasteiger partial charge < -0.3 is 9.30 Å². The van der Waals surface area contributed by atoms with Crippen LogP contribution in [-0.2, 0) is 18.2 Å². The Hall–Kier alpha value is -2.10. The molecule has 0 aliphatic heterocycles. The van der Waals surface area contributed by atoms with Gasteiger partial charge in [-0.05, 0) is 24.1 Å². The third kappa shape index (κ3) is 1.79. The normalized spacial score (nSPS) is 10.6. The molecule has 0 saturated heterocycles. The Morgan fingerprint density at radius 3 is 2.72 bits per heavy atom. The summed E-state index contributed by atoms with van der Waals surface area (Å²) in [6.45, 7) is 1.99. The van der Waals surface area contributed by atoms with E-state index in [1.807, 2.05) is 6.92 Å². The first kappa shape index (κ1) is 12.4. The monoisotopic (exact) mass is 245 g/mol. The molecular weight excluding hydrogens is 230 g/mol. The van der Waals surface area contributed by atoms with E-state index in [2.05, 4.69) is 0 Å². The summed E-state index contributed by atoms with van der Waals surface area (Å²) in [7, 11) is 3.06. The zero-order chi connectivity index (χ0) is 13.3. The van der Waals surface area contributed by atoms with Crippen LogP contribution in [0.1, 0.15) is 22.8 Å². The van der Waals surface area contributed by atoms with Crippen molar-refractivity contribution < 1.29 is 9.53 Å². The zero-order valence-electron chi connectivity index (χ0n) is 10.7. The van der Waals surface area contributed by atoms with E-state index < -0.39 is 5.97 Å². The van der Waals surface area contributed by atoms with Crippen molar-refractivity contribution in [2.75, 3.05) is 7.11 Å². The molecule has 0 amide bonds. The summed E-state index contributed by atoms with van der Waals surface area (Å²) in [6, 6.07) is 5.13. The van der Waals surface area contributed by atoms with Crippen LogP contribution in [-0.4, -0.2) is 17.6 Å². The van der Waals surface area contributed by atoms with Crippen molar-refractivity contribution in [1.82, 2.24) is 4.57 Å². The van der Waals surface area contributed by atoms with Crippen molar-refractivity contribution >= 4 is 16.7 Å². The van der Waals surface area contributed by atoms with Crippen molar-refractivity contribution in [2.45, 2.75) is 13.3 Å². The average molecular weight is 245 g/mol. The number of benzene rings is 1. The Balaban J connectivity index is 2.95. The summed E-state index contributed by atoms with van der Waals surface area (Å²) in [4.78, 5) is 23.8. The van der Waals surface area contributed by atoms with Gasteiger partial charge in [0.15, 0.2) is 0 Å². The highest BCUT2D eigenvalue weighted by atomic mass is 16.5. The average Bonchev–Trinajstić information content (AvgIpc) is 2.41. The smallest absolute Gasteiger partial charge is 0.338 e. The van der Waals surface area contributed by atoms with Gasteiger partial charge in [0.1, 0.15) is 0 Å². The molecule has 0 spiro atoms. The highest BCUT2D eigenvalue weighted by molar-refractivity contribution is 6.05. The lowest BCUT2D eigenvalue weighted by molar-refractivity contribution is 0.0603. The van der Waals surface area contributed by atoms with Crippen LogP contribution in [0.2, 0.25) is 0 Å². The van der Waals surface area contributed by atoms with Crippen LogP contribution >= 0.6 is 0 Å². The fourth-order valence-electron chi connectivity index (χ4n) is 2.17. The van der Waals surface area contributed by atoms with E-state index in [1.54, 1.807) is 36.0 Å². The minimum atomic E-state index is -0.413. The maximum absolute atomic E-state index is 12.1. The van der Waals surface area contributed by atoms with E-state index in [-0.39, 0.29) is 5.56 Å². The molecule has 0 unspecified atom stereocenters. The molecule has 2 aromatic rings. The van der Waals surface area contributed by atoms with Crippen molar-refractivity contribution in [3.63, 3.8) is 0 Å². The number of pyridine rings is 1. The number of fused-ring (bicyclic) bond motifs is 1. The molecule has 1 aromatic carbocycles. The lowest BCUT2D eigenvalue weighted by atomic mass is 10.00. The molecule has 18 heavy (non-hydrogen) atoms. The first-order valence-electron chi connectivity index (χ1n) is 5.79. The quantitative estimate of drug-likeness (QED) is 0.759. The molecule has 0 aliphatic rings. The van der Waals surface area contributed by atoms with Gasteiger partial charge >= 0.3 is 5.97 Å². The van der Waals surface area contributed by atoms with E-state index in [0.717, 1.165) is 12.0 Å². The molecule has 1 heterocycles. The van der Waals surface area contributed by atoms with Gasteiger partial charge in [-0.15, -0.1) is 0 Å². The summed E-state index contributed by atoms with van der Waals surface area (Å²) >= 11 is 0. The number of ether oxygens (including phenoxy) is 1. The lowest BCUT2D eigenvalue weighted by Crippen LogP contribution is -2.18. The third-order valence-corrected chi connectivity index (χ3v) is 3.07. The predicted octanol–water partition coefficient (Wildman–Crippen LogP) is 1.89. The topological polar surface area (TPSA) is 48.3 Å². The summed E-state index contributed by atoms with van der Waals surface area (Å²) in [6.07, 6.45) is 2.52. The number of hydrogen-bond donors (Lipinski definition) is 0. The third-order valence-electron chi connectivity index (χ3n) is 3.07. The van der Waals surface area contributed by atoms with Crippen molar-refractivity contribution in [3.05, 3.63) is 45.9 Å². The number of aryl methyl sites for hydroxylation is 2. The maximum Gasteiger partial charge on any atom is 0.338 e. The summed E-state index contributed by atoms with van der Waals surface area (Å²) in [5.74, 6) is -0.413. The van der Waals surface area contributed by atoms with Crippen LogP contribution in [0.4, 0.5) is 0 Å². The zero-order valence-corrected chi connectivity index (χ0v) is 10.7. The van der Waals surface area contributed by atoms with E-state index in [4.69, 9.17) is 4.74 Å². The fraction of sp³-hybridized carbons (Fsp3) is 0.286. The number of hydrogen-bond acceptors (Lipinski definition) is 3. The van der Waals surface area contributed by atoms with E-state index in [1.165, 1.54) is 7.11 Å². The standard InChI is InChI=1S/C14H15NO3/c1-4-9-8-15(2)13(16)10-6-5-7-11(12(9)10)14(17)18-3/h5-8H,4H2,1-3H3. The predicted molar refractivity (Wildman–Crippen MR) is 69.9 cm³/mol. The molecule has 0 N–H and O–H groups in total. The lowest BCUT2D eigenvalue weighted by Gasteiger charge is -2.10. The van der Waals surface area contributed by atoms with Crippen molar-refractivity contribution in [1.29, 1.82) is 0 Å². The van der Waals surface area contributed by atoms with E-state index in [0.29, 0.717) is 16.3 Å². The first-order chi connectivity index (χ1) is 8.60. The summed E-state index contributed by atoms with van der Waals surface area (Å²) in [5, 5.41) is 1.26. The highest BCUT2D eigenvalue weighted by Crippen LogP contribution is 2.21. The molecule has 0 atom stereocenters. The second-order valence-corrected chi connectivity index (χ2v) is 4.14. The number of methoxy groups -OCH3 is 1.